The molecule has 0 spiro atoms. The number of methoxy groups -OCH3 is 1. The molecule has 0 radical (unpaired) electrons. The molecule has 1 amide bonds. The molecule has 2 aromatic carbocycles. The summed E-state index contributed by atoms with van der Waals surface area (Å²) in [5.41, 5.74) is 4.43. The molecule has 0 saturated carbocycles. The molecule has 0 N–H and O–H groups in total. The van der Waals surface area contributed by atoms with Gasteiger partial charge in [-0.05, 0) is 62.1 Å². The van der Waals surface area contributed by atoms with Gasteiger partial charge in [0.05, 0.1) is 18.5 Å². The number of hydrogen-bond acceptors (Lipinski definition) is 7. The average molecular weight is 508 g/mol. The number of likely N-dealkylation sites (N-methyl/N-ethyl adjacent to an activating group) is 1. The number of hydrogen-bond donors (Lipinski definition) is 0. The van der Waals surface area contributed by atoms with E-state index in [2.05, 4.69) is 10.3 Å². The summed E-state index contributed by atoms with van der Waals surface area (Å²) in [7, 11) is 3.30. The Kier molecular flexibility index (Phi) is 7.95. The van der Waals surface area contributed by atoms with Gasteiger partial charge >= 0.3 is 0 Å². The summed E-state index contributed by atoms with van der Waals surface area (Å²) in [5, 5.41) is 7.37. The molecule has 0 bridgehead atoms. The van der Waals surface area contributed by atoms with E-state index >= 15 is 0 Å². The second-order valence-corrected chi connectivity index (χ2v) is 9.09. The van der Waals surface area contributed by atoms with Crippen LogP contribution in [-0.2, 0) is 17.8 Å². The van der Waals surface area contributed by atoms with Gasteiger partial charge < -0.3 is 14.5 Å². The molecule has 1 fully saturated rings. The van der Waals surface area contributed by atoms with E-state index in [-0.39, 0.29) is 23.9 Å². The van der Waals surface area contributed by atoms with E-state index in [1.54, 1.807) is 6.07 Å². The third-order valence-electron chi connectivity index (χ3n) is 6.74. The highest BCUT2D eigenvalue weighted by Gasteiger charge is 2.22. The minimum atomic E-state index is -0.589. The van der Waals surface area contributed by atoms with Crippen LogP contribution in [0.1, 0.15) is 46.6 Å². The number of halogens is 1. The predicted molar refractivity (Wildman–Crippen MR) is 139 cm³/mol. The van der Waals surface area contributed by atoms with Crippen molar-refractivity contribution in [2.75, 3.05) is 37.0 Å². The van der Waals surface area contributed by atoms with Gasteiger partial charge in [-0.2, -0.15) is 10.0 Å². The van der Waals surface area contributed by atoms with Gasteiger partial charge in [0, 0.05) is 49.6 Å². The molecule has 1 aliphatic heterocycles. The number of rotatable bonds is 10. The fourth-order valence-corrected chi connectivity index (χ4v) is 4.73. The zero-order chi connectivity index (χ0) is 26.5. The van der Waals surface area contributed by atoms with Gasteiger partial charge in [-0.1, -0.05) is 5.18 Å². The Balaban J connectivity index is 1.57. The van der Waals surface area contributed by atoms with Gasteiger partial charge in [0.25, 0.3) is 0 Å². The summed E-state index contributed by atoms with van der Waals surface area (Å²) < 4.78 is 20.6. The molecule has 9 nitrogen and oxygen atoms in total. The monoisotopic (exact) mass is 507 g/mol. The number of benzene rings is 2. The van der Waals surface area contributed by atoms with Crippen LogP contribution in [0.5, 0.6) is 5.75 Å². The maximum Gasteiger partial charge on any atom is 0.226 e. The van der Waals surface area contributed by atoms with Crippen LogP contribution in [0.3, 0.4) is 0 Å². The number of aryl methyl sites for hydroxylation is 1. The van der Waals surface area contributed by atoms with E-state index in [1.807, 2.05) is 42.0 Å². The van der Waals surface area contributed by atoms with Crippen molar-refractivity contribution in [2.45, 2.75) is 39.2 Å². The van der Waals surface area contributed by atoms with Gasteiger partial charge in [0.15, 0.2) is 17.9 Å². The van der Waals surface area contributed by atoms with Crippen LogP contribution in [0, 0.1) is 17.6 Å². The lowest BCUT2D eigenvalue weighted by Gasteiger charge is -2.29. The number of aromatic nitrogens is 2. The molecular formula is C27H30FN5O4. The van der Waals surface area contributed by atoms with Crippen molar-refractivity contribution in [3.05, 3.63) is 69.6 Å². The molecule has 1 saturated heterocycles. The summed E-state index contributed by atoms with van der Waals surface area (Å²) in [6, 6.07) is 10.3. The lowest BCUT2D eigenvalue weighted by atomic mass is 10.1. The summed E-state index contributed by atoms with van der Waals surface area (Å²) >= 11 is 0. The van der Waals surface area contributed by atoms with Gasteiger partial charge in [-0.25, -0.2) is 9.07 Å². The van der Waals surface area contributed by atoms with Crippen LogP contribution >= 0.6 is 0 Å². The van der Waals surface area contributed by atoms with Crippen LogP contribution in [0.4, 0.5) is 15.8 Å². The lowest BCUT2D eigenvalue weighted by molar-refractivity contribution is -0.119. The van der Waals surface area contributed by atoms with Crippen LogP contribution < -0.4 is 14.5 Å². The van der Waals surface area contributed by atoms with Crippen LogP contribution in [0.25, 0.3) is 5.69 Å². The van der Waals surface area contributed by atoms with Crippen molar-refractivity contribution in [3.63, 3.8) is 0 Å². The number of anilines is 2. The van der Waals surface area contributed by atoms with Crippen molar-refractivity contribution in [3.8, 4) is 11.4 Å². The SMILES string of the molecule is COc1ccc(-n2nc(CN=O)c(CCN(C)c3ccc(N4CCCCC4=O)c(C)c3)c2C=O)cc1F. The summed E-state index contributed by atoms with van der Waals surface area (Å²) in [6.45, 7) is 3.05. The number of aldehydes is 1. The number of carbonyl (C=O) groups excluding carboxylic acids is 2. The summed E-state index contributed by atoms with van der Waals surface area (Å²) in [6.07, 6.45) is 3.59. The zero-order valence-electron chi connectivity index (χ0n) is 21.2. The molecule has 0 aliphatic carbocycles. The molecule has 37 heavy (non-hydrogen) atoms. The molecule has 0 atom stereocenters. The largest absolute Gasteiger partial charge is 0.494 e. The average Bonchev–Trinajstić information content (AvgIpc) is 3.25. The van der Waals surface area contributed by atoms with E-state index in [0.29, 0.717) is 42.6 Å². The van der Waals surface area contributed by atoms with Gasteiger partial charge in [-0.3, -0.25) is 9.59 Å². The van der Waals surface area contributed by atoms with Gasteiger partial charge in [0.2, 0.25) is 5.91 Å². The smallest absolute Gasteiger partial charge is 0.226 e. The van der Waals surface area contributed by atoms with Crippen molar-refractivity contribution in [2.24, 2.45) is 5.18 Å². The fraction of sp³-hybridized carbons (Fsp3) is 0.370. The Morgan fingerprint density at radius 2 is 2.03 bits per heavy atom. The normalized spacial score (nSPS) is 13.5. The second kappa shape index (κ2) is 11.3. The molecule has 3 aromatic rings. The van der Waals surface area contributed by atoms with Crippen LogP contribution in [0.2, 0.25) is 0 Å². The number of carbonyl (C=O) groups is 2. The molecule has 10 heteroatoms. The Morgan fingerprint density at radius 3 is 2.68 bits per heavy atom. The minimum Gasteiger partial charge on any atom is -0.494 e. The fourth-order valence-electron chi connectivity index (χ4n) is 4.73. The predicted octanol–water partition coefficient (Wildman–Crippen LogP) is 4.60. The van der Waals surface area contributed by atoms with Gasteiger partial charge in [-0.15, -0.1) is 0 Å². The summed E-state index contributed by atoms with van der Waals surface area (Å²) in [5.74, 6) is -0.359. The van der Waals surface area contributed by atoms with E-state index in [9.17, 15) is 18.9 Å². The standard InChI is InChI=1S/C27H30FN5O4/c1-18-14-19(7-9-24(18)32-12-5-4-6-27(32)35)31(2)13-11-21-23(16-29-36)30-33(25(21)17-34)20-8-10-26(37-3)22(28)15-20/h7-10,14-15,17H,4-6,11-13,16H2,1-3H3. The second-order valence-electron chi connectivity index (χ2n) is 9.09. The molecule has 194 valence electrons. The zero-order valence-corrected chi connectivity index (χ0v) is 21.2. The van der Waals surface area contributed by atoms with Crippen molar-refractivity contribution in [1.29, 1.82) is 0 Å². The number of nitroso groups, excluding NO2 is 1. The van der Waals surface area contributed by atoms with Crippen LogP contribution in [-0.4, -0.2) is 49.2 Å². The highest BCUT2D eigenvalue weighted by Crippen LogP contribution is 2.29. The van der Waals surface area contributed by atoms with Gasteiger partial charge in [0.1, 0.15) is 12.2 Å². The van der Waals surface area contributed by atoms with Crippen LogP contribution in [0.15, 0.2) is 41.6 Å². The lowest BCUT2D eigenvalue weighted by Crippen LogP contribution is -2.35. The molecule has 1 aromatic heterocycles. The maximum atomic E-state index is 14.3. The first-order chi connectivity index (χ1) is 17.9. The van der Waals surface area contributed by atoms with E-state index < -0.39 is 5.82 Å². The van der Waals surface area contributed by atoms with Crippen molar-refractivity contribution >= 4 is 23.6 Å². The first kappa shape index (κ1) is 26.0. The molecule has 0 unspecified atom stereocenters. The quantitative estimate of drug-likeness (QED) is 0.294. The van der Waals surface area contributed by atoms with E-state index in [4.69, 9.17) is 4.74 Å². The Morgan fingerprint density at radius 1 is 1.22 bits per heavy atom. The topological polar surface area (TPSA) is 97.1 Å². The highest BCUT2D eigenvalue weighted by molar-refractivity contribution is 5.95. The maximum absolute atomic E-state index is 14.3. The molecule has 2 heterocycles. The first-order valence-corrected chi connectivity index (χ1v) is 12.2. The molecule has 1 aliphatic rings. The number of ether oxygens (including phenoxy) is 1. The number of nitrogens with zero attached hydrogens (tertiary/aromatic N) is 5. The number of piperidine rings is 1. The van der Waals surface area contributed by atoms with Crippen molar-refractivity contribution < 1.29 is 18.7 Å². The molecule has 4 rings (SSSR count). The van der Waals surface area contributed by atoms with E-state index in [0.717, 1.165) is 36.3 Å². The van der Waals surface area contributed by atoms with E-state index in [1.165, 1.54) is 23.9 Å². The first-order valence-electron chi connectivity index (χ1n) is 12.2. The third kappa shape index (κ3) is 5.37. The number of amides is 1. The third-order valence-corrected chi connectivity index (χ3v) is 6.74. The Hall–Kier alpha value is -4.08. The minimum absolute atomic E-state index is 0.0751. The molecular weight excluding hydrogens is 477 g/mol. The Bertz CT molecular complexity index is 1320. The Labute approximate surface area is 214 Å². The van der Waals surface area contributed by atoms with Crippen molar-refractivity contribution in [1.82, 2.24) is 9.78 Å². The highest BCUT2D eigenvalue weighted by atomic mass is 19.1. The summed E-state index contributed by atoms with van der Waals surface area (Å²) in [4.78, 5) is 39.4.